The summed E-state index contributed by atoms with van der Waals surface area (Å²) in [5, 5.41) is 8.77. The predicted octanol–water partition coefficient (Wildman–Crippen LogP) is 1.43. The van der Waals surface area contributed by atoms with Crippen LogP contribution in [0.2, 0.25) is 0 Å². The van der Waals surface area contributed by atoms with Gasteiger partial charge in [-0.25, -0.2) is 0 Å². The molecule has 2 heterocycles. The van der Waals surface area contributed by atoms with Gasteiger partial charge in [0.05, 0.1) is 18.8 Å². The van der Waals surface area contributed by atoms with E-state index in [1.165, 1.54) is 0 Å². The van der Waals surface area contributed by atoms with Crippen LogP contribution >= 0.6 is 0 Å². The van der Waals surface area contributed by atoms with E-state index in [1.54, 1.807) is 6.26 Å². The Morgan fingerprint density at radius 2 is 2.17 bits per heavy atom. The summed E-state index contributed by atoms with van der Waals surface area (Å²) in [5.41, 5.74) is 0. The molecular weight excluding hydrogens is 232 g/mol. The number of hydrogen-bond acceptors (Lipinski definition) is 4. The van der Waals surface area contributed by atoms with Crippen LogP contribution < -0.4 is 0 Å². The second kappa shape index (κ2) is 6.02. The summed E-state index contributed by atoms with van der Waals surface area (Å²) in [6.07, 6.45) is 2.71. The monoisotopic (exact) mass is 252 g/mol. The summed E-state index contributed by atoms with van der Waals surface area (Å²) in [6.45, 7) is 5.70. The maximum Gasteiger partial charge on any atom is 0.317 e. The Kier molecular flexibility index (Phi) is 4.38. The van der Waals surface area contributed by atoms with Crippen molar-refractivity contribution in [2.45, 2.75) is 19.4 Å². The molecule has 0 saturated carbocycles. The quantitative estimate of drug-likeness (QED) is 0.859. The maximum atomic E-state index is 10.7. The zero-order valence-electron chi connectivity index (χ0n) is 10.7. The van der Waals surface area contributed by atoms with Crippen LogP contribution in [-0.4, -0.2) is 53.6 Å². The molecule has 1 aliphatic heterocycles. The molecule has 5 nitrogen and oxygen atoms in total. The summed E-state index contributed by atoms with van der Waals surface area (Å²) in [4.78, 5) is 15.0. The number of piperazine rings is 1. The summed E-state index contributed by atoms with van der Waals surface area (Å²) in [5.74, 6) is 0.255. The summed E-state index contributed by atoms with van der Waals surface area (Å²) in [7, 11) is 0. The number of furan rings is 1. The second-order valence-corrected chi connectivity index (χ2v) is 4.65. The molecule has 5 heteroatoms. The Labute approximate surface area is 107 Å². The Morgan fingerprint density at radius 1 is 1.44 bits per heavy atom. The molecule has 0 bridgehead atoms. The third-order valence-corrected chi connectivity index (χ3v) is 3.46. The molecular formula is C13H20N2O3. The number of rotatable bonds is 5. The predicted molar refractivity (Wildman–Crippen MR) is 67.4 cm³/mol. The van der Waals surface area contributed by atoms with Crippen LogP contribution in [0.15, 0.2) is 22.8 Å². The van der Waals surface area contributed by atoms with Crippen LogP contribution in [0.1, 0.15) is 25.1 Å². The number of carboxylic acid groups (broad SMARTS) is 1. The van der Waals surface area contributed by atoms with Crippen LogP contribution in [0.25, 0.3) is 0 Å². The van der Waals surface area contributed by atoms with Crippen molar-refractivity contribution in [2.75, 3.05) is 32.7 Å². The molecule has 0 aliphatic carbocycles. The zero-order chi connectivity index (χ0) is 13.0. The van der Waals surface area contributed by atoms with E-state index in [0.29, 0.717) is 6.04 Å². The normalized spacial score (nSPS) is 19.8. The number of hydrogen-bond donors (Lipinski definition) is 1. The van der Waals surface area contributed by atoms with Gasteiger partial charge in [0.15, 0.2) is 0 Å². The molecule has 0 aromatic carbocycles. The van der Waals surface area contributed by atoms with Crippen molar-refractivity contribution in [1.82, 2.24) is 9.80 Å². The van der Waals surface area contributed by atoms with E-state index in [0.717, 1.165) is 38.4 Å². The van der Waals surface area contributed by atoms with Crippen molar-refractivity contribution < 1.29 is 14.3 Å². The summed E-state index contributed by atoms with van der Waals surface area (Å²) in [6, 6.07) is 4.24. The summed E-state index contributed by atoms with van der Waals surface area (Å²) >= 11 is 0. The highest BCUT2D eigenvalue weighted by Gasteiger charge is 2.25. The SMILES string of the molecule is CCC(c1ccco1)N1CCN(CC(=O)O)CC1. The average Bonchev–Trinajstić information content (AvgIpc) is 2.85. The third kappa shape index (κ3) is 3.11. The van der Waals surface area contributed by atoms with Crippen molar-refractivity contribution in [3.05, 3.63) is 24.2 Å². The van der Waals surface area contributed by atoms with Gasteiger partial charge in [-0.1, -0.05) is 6.92 Å². The van der Waals surface area contributed by atoms with Gasteiger partial charge in [0, 0.05) is 26.2 Å². The fourth-order valence-electron chi connectivity index (χ4n) is 2.54. The smallest absolute Gasteiger partial charge is 0.317 e. The average molecular weight is 252 g/mol. The molecule has 2 rings (SSSR count). The second-order valence-electron chi connectivity index (χ2n) is 4.65. The van der Waals surface area contributed by atoms with Crippen LogP contribution in [0.5, 0.6) is 0 Å². The Balaban J connectivity index is 1.90. The van der Waals surface area contributed by atoms with E-state index in [9.17, 15) is 4.79 Å². The Hall–Kier alpha value is -1.33. The molecule has 18 heavy (non-hydrogen) atoms. The van der Waals surface area contributed by atoms with Gasteiger partial charge in [0.25, 0.3) is 0 Å². The lowest BCUT2D eigenvalue weighted by Crippen LogP contribution is -2.48. The van der Waals surface area contributed by atoms with Crippen molar-refractivity contribution >= 4 is 5.97 Å². The molecule has 1 aliphatic rings. The molecule has 1 atom stereocenters. The van der Waals surface area contributed by atoms with E-state index in [1.807, 2.05) is 17.0 Å². The number of carbonyl (C=O) groups is 1. The highest BCUT2D eigenvalue weighted by Crippen LogP contribution is 2.25. The molecule has 100 valence electrons. The molecule has 1 unspecified atom stereocenters. The van der Waals surface area contributed by atoms with Gasteiger partial charge in [-0.3, -0.25) is 14.6 Å². The molecule has 0 amide bonds. The van der Waals surface area contributed by atoms with Crippen LogP contribution in [0.3, 0.4) is 0 Å². The van der Waals surface area contributed by atoms with E-state index in [-0.39, 0.29) is 6.54 Å². The molecule has 1 fully saturated rings. The lowest BCUT2D eigenvalue weighted by molar-refractivity contribution is -0.138. The summed E-state index contributed by atoms with van der Waals surface area (Å²) < 4.78 is 5.48. The van der Waals surface area contributed by atoms with Gasteiger partial charge in [-0.15, -0.1) is 0 Å². The van der Waals surface area contributed by atoms with Crippen molar-refractivity contribution in [3.8, 4) is 0 Å². The molecule has 1 saturated heterocycles. The number of aliphatic carboxylic acids is 1. The first kappa shape index (κ1) is 13.1. The highest BCUT2D eigenvalue weighted by atomic mass is 16.4. The standard InChI is InChI=1S/C13H20N2O3/c1-2-11(12-4-3-9-18-12)15-7-5-14(6-8-15)10-13(16)17/h3-4,9,11H,2,5-8,10H2,1H3,(H,16,17). The zero-order valence-corrected chi connectivity index (χ0v) is 10.7. The number of carboxylic acids is 1. The molecule has 1 N–H and O–H groups in total. The lowest BCUT2D eigenvalue weighted by atomic mass is 10.1. The van der Waals surface area contributed by atoms with Gasteiger partial charge in [-0.05, 0) is 18.6 Å². The van der Waals surface area contributed by atoms with E-state index >= 15 is 0 Å². The molecule has 1 aromatic rings. The number of nitrogens with zero attached hydrogens (tertiary/aromatic N) is 2. The molecule has 1 aromatic heterocycles. The Morgan fingerprint density at radius 3 is 2.67 bits per heavy atom. The fourth-order valence-corrected chi connectivity index (χ4v) is 2.54. The minimum Gasteiger partial charge on any atom is -0.480 e. The van der Waals surface area contributed by atoms with E-state index in [2.05, 4.69) is 11.8 Å². The van der Waals surface area contributed by atoms with Crippen LogP contribution in [-0.2, 0) is 4.79 Å². The fraction of sp³-hybridized carbons (Fsp3) is 0.615. The van der Waals surface area contributed by atoms with Crippen LogP contribution in [0.4, 0.5) is 0 Å². The van der Waals surface area contributed by atoms with Crippen LogP contribution in [0, 0.1) is 0 Å². The third-order valence-electron chi connectivity index (χ3n) is 3.46. The lowest BCUT2D eigenvalue weighted by Gasteiger charge is -2.37. The van der Waals surface area contributed by atoms with Gasteiger partial charge < -0.3 is 9.52 Å². The Bertz CT molecular complexity index is 370. The first-order valence-corrected chi connectivity index (χ1v) is 6.42. The van der Waals surface area contributed by atoms with Crippen molar-refractivity contribution in [1.29, 1.82) is 0 Å². The topological polar surface area (TPSA) is 56.9 Å². The van der Waals surface area contributed by atoms with Crippen molar-refractivity contribution in [2.24, 2.45) is 0 Å². The first-order valence-electron chi connectivity index (χ1n) is 6.42. The minimum absolute atomic E-state index is 0.144. The van der Waals surface area contributed by atoms with Gasteiger partial charge >= 0.3 is 5.97 Å². The minimum atomic E-state index is -0.749. The van der Waals surface area contributed by atoms with Gasteiger partial charge in [0.2, 0.25) is 0 Å². The molecule has 0 radical (unpaired) electrons. The van der Waals surface area contributed by atoms with Crippen molar-refractivity contribution in [3.63, 3.8) is 0 Å². The van der Waals surface area contributed by atoms with E-state index < -0.39 is 5.97 Å². The molecule has 0 spiro atoms. The largest absolute Gasteiger partial charge is 0.480 e. The van der Waals surface area contributed by atoms with Gasteiger partial charge in [-0.2, -0.15) is 0 Å². The van der Waals surface area contributed by atoms with E-state index in [4.69, 9.17) is 9.52 Å². The van der Waals surface area contributed by atoms with Gasteiger partial charge in [0.1, 0.15) is 5.76 Å². The highest BCUT2D eigenvalue weighted by molar-refractivity contribution is 5.69. The maximum absolute atomic E-state index is 10.7. The first-order chi connectivity index (χ1) is 8.70.